The van der Waals surface area contributed by atoms with Gasteiger partial charge in [0.1, 0.15) is 9.73 Å². The Morgan fingerprint density at radius 1 is 1.25 bits per heavy atom. The molecule has 0 saturated carbocycles. The Balaban J connectivity index is 1.62. The Morgan fingerprint density at radius 3 is 2.64 bits per heavy atom. The number of fused-ring (bicyclic) bond motifs is 1. The lowest BCUT2D eigenvalue weighted by atomic mass is 10.3. The van der Waals surface area contributed by atoms with Gasteiger partial charge in [0.05, 0.1) is 15.6 Å². The maximum atomic E-state index is 12.8. The number of nitrogens with one attached hydrogen (secondary N) is 1. The van der Waals surface area contributed by atoms with Crippen LogP contribution in [0.15, 0.2) is 29.2 Å². The Morgan fingerprint density at radius 2 is 1.96 bits per heavy atom. The molecule has 7 nitrogen and oxygen atoms in total. The number of rotatable bonds is 4. The minimum Gasteiger partial charge on any atom is -0.321 e. The first-order valence-corrected chi connectivity index (χ1v) is 11.4. The van der Waals surface area contributed by atoms with Gasteiger partial charge in [0.2, 0.25) is 10.0 Å². The molecule has 1 saturated heterocycles. The van der Waals surface area contributed by atoms with E-state index in [2.05, 4.69) is 10.4 Å². The quantitative estimate of drug-likeness (QED) is 0.674. The first-order chi connectivity index (χ1) is 13.3. The lowest BCUT2D eigenvalue weighted by Gasteiger charge is -2.17. The molecular weight excluding hydrogens is 420 g/mol. The van der Waals surface area contributed by atoms with Gasteiger partial charge < -0.3 is 5.32 Å². The molecule has 2 aromatic heterocycles. The number of halogens is 1. The van der Waals surface area contributed by atoms with Crippen molar-refractivity contribution < 1.29 is 13.2 Å². The van der Waals surface area contributed by atoms with Gasteiger partial charge in [0, 0.05) is 31.2 Å². The highest BCUT2D eigenvalue weighted by molar-refractivity contribution is 7.89. The number of aryl methyl sites for hydroxylation is 2. The predicted molar refractivity (Wildman–Crippen MR) is 111 cm³/mol. The average Bonchev–Trinajstić information content (AvgIpc) is 3.37. The van der Waals surface area contributed by atoms with Crippen molar-refractivity contribution in [3.8, 4) is 0 Å². The van der Waals surface area contributed by atoms with E-state index in [0.717, 1.165) is 28.8 Å². The normalized spacial score (nSPS) is 15.4. The number of aromatic nitrogens is 2. The van der Waals surface area contributed by atoms with Crippen LogP contribution in [0.4, 0.5) is 5.69 Å². The molecule has 1 aliphatic rings. The van der Waals surface area contributed by atoms with E-state index in [0.29, 0.717) is 23.7 Å². The third kappa shape index (κ3) is 3.32. The number of nitrogens with zero attached hydrogens (tertiary/aromatic N) is 3. The lowest BCUT2D eigenvalue weighted by molar-refractivity contribution is 0.103. The summed E-state index contributed by atoms with van der Waals surface area (Å²) in [5.41, 5.74) is 1.25. The molecule has 0 bridgehead atoms. The summed E-state index contributed by atoms with van der Waals surface area (Å²) in [6.45, 7) is 2.88. The number of carbonyl (C=O) groups excluding carboxylic acids is 1. The van der Waals surface area contributed by atoms with Crippen LogP contribution < -0.4 is 5.32 Å². The first kappa shape index (κ1) is 19.4. The number of carbonyl (C=O) groups is 1. The summed E-state index contributed by atoms with van der Waals surface area (Å²) in [5.74, 6) is -0.299. The zero-order valence-corrected chi connectivity index (χ0v) is 17.8. The van der Waals surface area contributed by atoms with Crippen molar-refractivity contribution in [1.82, 2.24) is 14.1 Å². The van der Waals surface area contributed by atoms with Crippen molar-refractivity contribution in [2.24, 2.45) is 7.05 Å². The average molecular weight is 439 g/mol. The minimum atomic E-state index is -3.67. The smallest absolute Gasteiger partial charge is 0.265 e. The predicted octanol–water partition coefficient (Wildman–Crippen LogP) is 3.63. The van der Waals surface area contributed by atoms with Crippen molar-refractivity contribution in [1.29, 1.82) is 0 Å². The molecule has 0 spiro atoms. The second-order valence-corrected chi connectivity index (χ2v) is 10.1. The lowest BCUT2D eigenvalue weighted by Crippen LogP contribution is -2.28. The van der Waals surface area contributed by atoms with Gasteiger partial charge in [-0.05, 0) is 44.0 Å². The maximum Gasteiger partial charge on any atom is 0.265 e. The van der Waals surface area contributed by atoms with Gasteiger partial charge in [0.25, 0.3) is 5.91 Å². The molecule has 0 aliphatic carbocycles. The molecule has 0 radical (unpaired) electrons. The molecule has 1 aromatic carbocycles. The summed E-state index contributed by atoms with van der Waals surface area (Å²) in [6.07, 6.45) is 1.68. The van der Waals surface area contributed by atoms with Gasteiger partial charge in [0.15, 0.2) is 0 Å². The van der Waals surface area contributed by atoms with Gasteiger partial charge >= 0.3 is 0 Å². The van der Waals surface area contributed by atoms with Gasteiger partial charge in [-0.1, -0.05) is 11.6 Å². The molecule has 1 fully saturated rings. The minimum absolute atomic E-state index is 0.0188. The van der Waals surface area contributed by atoms with Crippen LogP contribution in [0.5, 0.6) is 0 Å². The Hall–Kier alpha value is -1.94. The van der Waals surface area contributed by atoms with E-state index in [9.17, 15) is 13.2 Å². The summed E-state index contributed by atoms with van der Waals surface area (Å²) in [4.78, 5) is 14.1. The number of sulfonamides is 1. The zero-order valence-electron chi connectivity index (χ0n) is 15.4. The third-order valence-electron chi connectivity index (χ3n) is 4.79. The number of thiophene rings is 1. The van der Waals surface area contributed by atoms with Crippen molar-refractivity contribution in [3.05, 3.63) is 39.9 Å². The van der Waals surface area contributed by atoms with Gasteiger partial charge in [-0.2, -0.15) is 9.40 Å². The maximum absolute atomic E-state index is 12.8. The topological polar surface area (TPSA) is 84.3 Å². The van der Waals surface area contributed by atoms with E-state index in [-0.39, 0.29) is 15.8 Å². The molecule has 1 N–H and O–H groups in total. The molecule has 4 rings (SSSR count). The molecule has 0 unspecified atom stereocenters. The van der Waals surface area contributed by atoms with E-state index in [1.54, 1.807) is 16.8 Å². The molecule has 1 amide bonds. The fraction of sp³-hybridized carbons (Fsp3) is 0.333. The van der Waals surface area contributed by atoms with Crippen molar-refractivity contribution in [3.63, 3.8) is 0 Å². The summed E-state index contributed by atoms with van der Waals surface area (Å²) in [6, 6.07) is 6.33. The van der Waals surface area contributed by atoms with Gasteiger partial charge in [-0.15, -0.1) is 11.3 Å². The number of hydrogen-bond donors (Lipinski definition) is 1. The van der Waals surface area contributed by atoms with Gasteiger partial charge in [-0.25, -0.2) is 8.42 Å². The zero-order chi connectivity index (χ0) is 20.1. The van der Waals surface area contributed by atoms with Crippen LogP contribution >= 0.6 is 22.9 Å². The van der Waals surface area contributed by atoms with E-state index < -0.39 is 10.0 Å². The molecule has 3 aromatic rings. The second-order valence-electron chi connectivity index (χ2n) is 6.75. The fourth-order valence-electron chi connectivity index (χ4n) is 3.36. The molecule has 0 atom stereocenters. The Labute approximate surface area is 172 Å². The highest BCUT2D eigenvalue weighted by atomic mass is 35.5. The SMILES string of the molecule is Cc1nn(C)c2sc(C(=O)Nc3ccc(Cl)c(S(=O)(=O)N4CCCC4)c3)cc12. The molecule has 1 aliphatic heterocycles. The van der Waals surface area contributed by atoms with Crippen LogP contribution in [0.3, 0.4) is 0 Å². The largest absolute Gasteiger partial charge is 0.321 e. The molecule has 10 heteroatoms. The summed E-state index contributed by atoms with van der Waals surface area (Å²) < 4.78 is 28.9. The highest BCUT2D eigenvalue weighted by Crippen LogP contribution is 2.31. The summed E-state index contributed by atoms with van der Waals surface area (Å²) in [5, 5.41) is 8.19. The standard InChI is InChI=1S/C18H19ClN4O3S2/c1-11-13-10-15(27-18(13)22(2)21-11)17(24)20-12-5-6-14(19)16(9-12)28(25,26)23-7-3-4-8-23/h5-6,9-10H,3-4,7-8H2,1-2H3,(H,20,24). The van der Waals surface area contributed by atoms with Crippen LogP contribution in [0.2, 0.25) is 5.02 Å². The summed E-state index contributed by atoms with van der Waals surface area (Å²) in [7, 11) is -1.84. The first-order valence-electron chi connectivity index (χ1n) is 8.81. The fourth-order valence-corrected chi connectivity index (χ4v) is 6.39. The van der Waals surface area contributed by atoms with E-state index in [4.69, 9.17) is 11.6 Å². The molecule has 3 heterocycles. The van der Waals surface area contributed by atoms with E-state index in [1.165, 1.54) is 27.8 Å². The van der Waals surface area contributed by atoms with E-state index >= 15 is 0 Å². The van der Waals surface area contributed by atoms with Crippen LogP contribution in [-0.2, 0) is 17.1 Å². The Bertz CT molecular complexity index is 1140. The van der Waals surface area contributed by atoms with Crippen LogP contribution in [-0.4, -0.2) is 41.5 Å². The molecule has 28 heavy (non-hydrogen) atoms. The van der Waals surface area contributed by atoms with Crippen LogP contribution in [0.25, 0.3) is 10.2 Å². The van der Waals surface area contributed by atoms with Crippen molar-refractivity contribution >= 4 is 54.8 Å². The number of anilines is 1. The molecular formula is C18H19ClN4O3S2. The van der Waals surface area contributed by atoms with Gasteiger partial charge in [-0.3, -0.25) is 9.48 Å². The van der Waals surface area contributed by atoms with Crippen molar-refractivity contribution in [2.45, 2.75) is 24.7 Å². The highest BCUT2D eigenvalue weighted by Gasteiger charge is 2.29. The van der Waals surface area contributed by atoms with E-state index in [1.807, 2.05) is 14.0 Å². The monoisotopic (exact) mass is 438 g/mol. The molecule has 148 valence electrons. The van der Waals surface area contributed by atoms with Crippen LogP contribution in [0, 0.1) is 6.92 Å². The number of amides is 1. The van der Waals surface area contributed by atoms with Crippen LogP contribution in [0.1, 0.15) is 28.2 Å². The number of benzene rings is 1. The second kappa shape index (κ2) is 7.14. The third-order valence-corrected chi connectivity index (χ3v) is 8.37. The van der Waals surface area contributed by atoms with Crippen molar-refractivity contribution in [2.75, 3.05) is 18.4 Å². The Kier molecular flexibility index (Phi) is 4.95. The number of hydrogen-bond acceptors (Lipinski definition) is 5. The summed E-state index contributed by atoms with van der Waals surface area (Å²) >= 11 is 7.50.